The molecule has 0 aliphatic rings. The van der Waals surface area contributed by atoms with Crippen molar-refractivity contribution in [3.8, 4) is 0 Å². The predicted molar refractivity (Wildman–Crippen MR) is 70.6 cm³/mol. The van der Waals surface area contributed by atoms with Crippen molar-refractivity contribution in [2.24, 2.45) is 17.1 Å². The van der Waals surface area contributed by atoms with Crippen molar-refractivity contribution in [2.75, 3.05) is 26.2 Å². The average Bonchev–Trinajstić information content (AvgIpc) is 2.25. The fourth-order valence-electron chi connectivity index (χ4n) is 1.95. The van der Waals surface area contributed by atoms with Crippen molar-refractivity contribution >= 4 is 5.91 Å². The molecule has 0 fully saturated rings. The van der Waals surface area contributed by atoms with Crippen molar-refractivity contribution in [2.45, 2.75) is 40.5 Å². The van der Waals surface area contributed by atoms with E-state index in [1.165, 1.54) is 0 Å². The van der Waals surface area contributed by atoms with Crippen LogP contribution in [0.15, 0.2) is 0 Å². The van der Waals surface area contributed by atoms with E-state index in [-0.39, 0.29) is 23.8 Å². The van der Waals surface area contributed by atoms with Crippen LogP contribution in [0.5, 0.6) is 0 Å². The highest BCUT2D eigenvalue weighted by atomic mass is 16.3. The second-order valence-electron chi connectivity index (χ2n) is 5.69. The van der Waals surface area contributed by atoms with Gasteiger partial charge in [0.25, 0.3) is 0 Å². The molecule has 4 nitrogen and oxygen atoms in total. The number of hydrogen-bond donors (Lipinski definition) is 2. The van der Waals surface area contributed by atoms with Crippen LogP contribution in [0.2, 0.25) is 0 Å². The Kier molecular flexibility index (Phi) is 7.39. The quantitative estimate of drug-likeness (QED) is 0.708. The molecule has 0 spiro atoms. The largest absolute Gasteiger partial charge is 0.396 e. The lowest BCUT2D eigenvalue weighted by molar-refractivity contribution is -0.136. The number of aliphatic hydroxyl groups is 1. The molecule has 0 saturated heterocycles. The number of carbonyl (C=O) groups is 1. The predicted octanol–water partition coefficient (Wildman–Crippen LogP) is 1.23. The van der Waals surface area contributed by atoms with Gasteiger partial charge in [0.1, 0.15) is 0 Å². The number of nitrogens with zero attached hydrogens (tertiary/aromatic N) is 1. The summed E-state index contributed by atoms with van der Waals surface area (Å²) in [5.41, 5.74) is 5.81. The van der Waals surface area contributed by atoms with Crippen LogP contribution in [-0.4, -0.2) is 42.2 Å². The Hall–Kier alpha value is -0.610. The zero-order chi connectivity index (χ0) is 13.5. The molecule has 0 aromatic carbocycles. The number of nitrogens with two attached hydrogens (primary N) is 1. The molecule has 0 heterocycles. The van der Waals surface area contributed by atoms with Crippen LogP contribution < -0.4 is 5.73 Å². The molecule has 0 aliphatic carbocycles. The fourth-order valence-corrected chi connectivity index (χ4v) is 1.95. The molecular weight excluding hydrogens is 216 g/mol. The highest BCUT2D eigenvalue weighted by Gasteiger charge is 2.26. The molecule has 0 rings (SSSR count). The third-order valence-electron chi connectivity index (χ3n) is 2.77. The molecule has 0 radical (unpaired) electrons. The molecule has 3 N–H and O–H groups in total. The van der Waals surface area contributed by atoms with Crippen LogP contribution in [-0.2, 0) is 4.79 Å². The first-order chi connectivity index (χ1) is 7.85. The number of hydrogen-bond acceptors (Lipinski definition) is 3. The molecular formula is C13H28N2O2. The Bertz CT molecular complexity index is 224. The first-order valence-electron chi connectivity index (χ1n) is 6.45. The third kappa shape index (κ3) is 6.64. The summed E-state index contributed by atoms with van der Waals surface area (Å²) < 4.78 is 0. The Morgan fingerprint density at radius 3 is 2.35 bits per heavy atom. The molecule has 102 valence electrons. The SMILES string of the molecule is CCN(CCCO)C(=O)C(CN)CC(C)(C)C. The van der Waals surface area contributed by atoms with E-state index >= 15 is 0 Å². The lowest BCUT2D eigenvalue weighted by Gasteiger charge is -2.29. The fraction of sp³-hybridized carbons (Fsp3) is 0.923. The zero-order valence-corrected chi connectivity index (χ0v) is 11.7. The number of carbonyl (C=O) groups excluding carboxylic acids is 1. The highest BCUT2D eigenvalue weighted by molar-refractivity contribution is 5.79. The van der Waals surface area contributed by atoms with Crippen LogP contribution >= 0.6 is 0 Å². The summed E-state index contributed by atoms with van der Waals surface area (Å²) in [5.74, 6) is 0.0204. The van der Waals surface area contributed by atoms with E-state index in [1.807, 2.05) is 6.92 Å². The van der Waals surface area contributed by atoms with Gasteiger partial charge in [-0.25, -0.2) is 0 Å². The summed E-state index contributed by atoms with van der Waals surface area (Å²) in [6, 6.07) is 0. The third-order valence-corrected chi connectivity index (χ3v) is 2.77. The topological polar surface area (TPSA) is 66.6 Å². The Labute approximate surface area is 105 Å². The summed E-state index contributed by atoms with van der Waals surface area (Å²) in [4.78, 5) is 14.0. The molecule has 1 amide bonds. The molecule has 1 atom stereocenters. The minimum absolute atomic E-state index is 0.103. The average molecular weight is 244 g/mol. The van der Waals surface area contributed by atoms with E-state index in [9.17, 15) is 4.79 Å². The van der Waals surface area contributed by atoms with Crippen molar-refractivity contribution in [1.82, 2.24) is 4.90 Å². The summed E-state index contributed by atoms with van der Waals surface area (Å²) in [7, 11) is 0. The maximum absolute atomic E-state index is 12.3. The molecule has 4 heteroatoms. The Balaban J connectivity index is 4.48. The molecule has 17 heavy (non-hydrogen) atoms. The van der Waals surface area contributed by atoms with Gasteiger partial charge in [-0.1, -0.05) is 20.8 Å². The second-order valence-corrected chi connectivity index (χ2v) is 5.69. The van der Waals surface area contributed by atoms with Gasteiger partial charge in [0.2, 0.25) is 5.91 Å². The number of amides is 1. The Morgan fingerprint density at radius 2 is 2.00 bits per heavy atom. The highest BCUT2D eigenvalue weighted by Crippen LogP contribution is 2.25. The van der Waals surface area contributed by atoms with Gasteiger partial charge >= 0.3 is 0 Å². The standard InChI is InChI=1S/C13H28N2O2/c1-5-15(7-6-8-16)12(17)11(10-14)9-13(2,3)4/h11,16H,5-10,14H2,1-4H3. The van der Waals surface area contributed by atoms with Gasteiger partial charge in [0.05, 0.1) is 5.92 Å². The van der Waals surface area contributed by atoms with E-state index in [0.717, 1.165) is 6.42 Å². The molecule has 0 aromatic heterocycles. The maximum Gasteiger partial charge on any atom is 0.226 e. The van der Waals surface area contributed by atoms with Gasteiger partial charge in [0.15, 0.2) is 0 Å². The van der Waals surface area contributed by atoms with Gasteiger partial charge in [-0.3, -0.25) is 4.79 Å². The van der Waals surface area contributed by atoms with E-state index in [4.69, 9.17) is 10.8 Å². The van der Waals surface area contributed by atoms with Crippen LogP contribution in [0.4, 0.5) is 0 Å². The van der Waals surface area contributed by atoms with Crippen molar-refractivity contribution in [3.63, 3.8) is 0 Å². The van der Waals surface area contributed by atoms with Crippen LogP contribution in [0.3, 0.4) is 0 Å². The first-order valence-corrected chi connectivity index (χ1v) is 6.45. The molecule has 0 saturated carbocycles. The van der Waals surface area contributed by atoms with Crippen LogP contribution in [0.25, 0.3) is 0 Å². The lowest BCUT2D eigenvalue weighted by Crippen LogP contribution is -2.41. The molecule has 0 aromatic rings. The van der Waals surface area contributed by atoms with Crippen molar-refractivity contribution < 1.29 is 9.90 Å². The van der Waals surface area contributed by atoms with E-state index < -0.39 is 0 Å². The molecule has 0 aliphatic heterocycles. The number of aliphatic hydroxyl groups excluding tert-OH is 1. The van der Waals surface area contributed by atoms with E-state index in [2.05, 4.69) is 20.8 Å². The van der Waals surface area contributed by atoms with Crippen molar-refractivity contribution in [3.05, 3.63) is 0 Å². The second kappa shape index (κ2) is 7.67. The van der Waals surface area contributed by atoms with Gasteiger partial charge < -0.3 is 15.7 Å². The van der Waals surface area contributed by atoms with E-state index in [1.54, 1.807) is 4.90 Å². The van der Waals surface area contributed by atoms with Gasteiger partial charge in [-0.05, 0) is 25.2 Å². The van der Waals surface area contributed by atoms with Crippen LogP contribution in [0, 0.1) is 11.3 Å². The van der Waals surface area contributed by atoms with Crippen LogP contribution in [0.1, 0.15) is 40.5 Å². The minimum Gasteiger partial charge on any atom is -0.396 e. The van der Waals surface area contributed by atoms with E-state index in [0.29, 0.717) is 26.1 Å². The first kappa shape index (κ1) is 16.4. The summed E-state index contributed by atoms with van der Waals surface area (Å²) in [5, 5.41) is 8.81. The van der Waals surface area contributed by atoms with Gasteiger partial charge in [-0.2, -0.15) is 0 Å². The lowest BCUT2D eigenvalue weighted by atomic mass is 9.84. The smallest absolute Gasteiger partial charge is 0.226 e. The Morgan fingerprint density at radius 1 is 1.41 bits per heavy atom. The maximum atomic E-state index is 12.3. The summed E-state index contributed by atoms with van der Waals surface area (Å²) in [6.07, 6.45) is 1.43. The summed E-state index contributed by atoms with van der Waals surface area (Å²) in [6.45, 7) is 10.1. The number of rotatable bonds is 7. The van der Waals surface area contributed by atoms with Crippen molar-refractivity contribution in [1.29, 1.82) is 0 Å². The monoisotopic (exact) mass is 244 g/mol. The summed E-state index contributed by atoms with van der Waals surface area (Å²) >= 11 is 0. The van der Waals surface area contributed by atoms with Gasteiger partial charge in [-0.15, -0.1) is 0 Å². The van der Waals surface area contributed by atoms with Gasteiger partial charge in [0, 0.05) is 26.2 Å². The normalized spacial score (nSPS) is 13.5. The molecule has 0 bridgehead atoms. The minimum atomic E-state index is -0.103. The molecule has 1 unspecified atom stereocenters. The zero-order valence-electron chi connectivity index (χ0n) is 11.7.